The molecule has 7 heteroatoms. The number of nitrogens with one attached hydrogen (secondary N) is 1. The molecule has 1 aromatic heterocycles. The van der Waals surface area contributed by atoms with Crippen LogP contribution in [0.4, 0.5) is 11.4 Å². The summed E-state index contributed by atoms with van der Waals surface area (Å²) in [5.74, 6) is 0.713. The molecule has 7 nitrogen and oxygen atoms in total. The van der Waals surface area contributed by atoms with Gasteiger partial charge < -0.3 is 5.32 Å². The number of aryl methyl sites for hydroxylation is 2. The number of hydrogen-bond donors (Lipinski definition) is 1. The second-order valence-corrected chi connectivity index (χ2v) is 4.29. The molecule has 0 saturated carbocycles. The molecule has 0 aliphatic rings. The average molecular weight is 261 g/mol. The number of nitrogens with zero attached hydrogens (tertiary/aromatic N) is 4. The molecule has 0 radical (unpaired) electrons. The van der Waals surface area contributed by atoms with Crippen molar-refractivity contribution in [3.63, 3.8) is 0 Å². The largest absolute Gasteiger partial charge is 0.379 e. The van der Waals surface area contributed by atoms with Crippen molar-refractivity contribution >= 4 is 11.4 Å². The van der Waals surface area contributed by atoms with Crippen LogP contribution < -0.4 is 5.32 Å². The van der Waals surface area contributed by atoms with Gasteiger partial charge in [0.1, 0.15) is 12.0 Å². The van der Waals surface area contributed by atoms with Gasteiger partial charge in [-0.3, -0.25) is 14.8 Å². The van der Waals surface area contributed by atoms with Crippen LogP contribution in [0.15, 0.2) is 24.5 Å². The molecule has 0 spiro atoms. The summed E-state index contributed by atoms with van der Waals surface area (Å²) in [4.78, 5) is 14.6. The van der Waals surface area contributed by atoms with Crippen LogP contribution >= 0.6 is 0 Å². The van der Waals surface area contributed by atoms with Crippen molar-refractivity contribution < 1.29 is 4.92 Å². The first-order valence-corrected chi connectivity index (χ1v) is 5.89. The van der Waals surface area contributed by atoms with Gasteiger partial charge in [0.25, 0.3) is 5.69 Å². The van der Waals surface area contributed by atoms with Gasteiger partial charge in [-0.1, -0.05) is 6.07 Å². The number of aromatic nitrogens is 3. The average Bonchev–Trinajstić information content (AvgIpc) is 2.75. The number of nitro groups is 1. The maximum absolute atomic E-state index is 10.9. The first-order valence-electron chi connectivity index (χ1n) is 5.89. The van der Waals surface area contributed by atoms with Crippen molar-refractivity contribution in [2.24, 2.45) is 7.05 Å². The highest BCUT2D eigenvalue weighted by atomic mass is 16.6. The van der Waals surface area contributed by atoms with Crippen molar-refractivity contribution in [3.8, 4) is 0 Å². The lowest BCUT2D eigenvalue weighted by molar-refractivity contribution is -0.384. The van der Waals surface area contributed by atoms with E-state index >= 15 is 0 Å². The van der Waals surface area contributed by atoms with Crippen molar-refractivity contribution in [1.82, 2.24) is 14.8 Å². The van der Waals surface area contributed by atoms with E-state index in [-0.39, 0.29) is 10.6 Å². The molecule has 0 bridgehead atoms. The minimum Gasteiger partial charge on any atom is -0.379 e. The maximum atomic E-state index is 10.9. The minimum atomic E-state index is -0.388. The maximum Gasteiger partial charge on any atom is 0.292 e. The Bertz CT molecular complexity index is 594. The third-order valence-electron chi connectivity index (χ3n) is 2.66. The van der Waals surface area contributed by atoms with Crippen molar-refractivity contribution in [1.29, 1.82) is 0 Å². The van der Waals surface area contributed by atoms with E-state index in [4.69, 9.17) is 0 Å². The molecule has 1 N–H and O–H groups in total. The molecule has 0 unspecified atom stereocenters. The SMILES string of the molecule is Cc1ccc([N+](=O)[O-])c(NCCc2ncn(C)n2)c1. The van der Waals surface area contributed by atoms with Crippen molar-refractivity contribution in [3.05, 3.63) is 46.0 Å². The van der Waals surface area contributed by atoms with E-state index in [2.05, 4.69) is 15.4 Å². The summed E-state index contributed by atoms with van der Waals surface area (Å²) in [7, 11) is 1.80. The molecular formula is C12H15N5O2. The Morgan fingerprint density at radius 3 is 2.89 bits per heavy atom. The molecule has 0 aliphatic carbocycles. The van der Waals surface area contributed by atoms with Gasteiger partial charge in [0.2, 0.25) is 0 Å². The number of hydrogen-bond acceptors (Lipinski definition) is 5. The van der Waals surface area contributed by atoms with E-state index in [1.807, 2.05) is 6.92 Å². The van der Waals surface area contributed by atoms with Crippen LogP contribution in [0.1, 0.15) is 11.4 Å². The normalized spacial score (nSPS) is 10.4. The lowest BCUT2D eigenvalue weighted by Gasteiger charge is -2.06. The number of rotatable bonds is 5. The molecule has 2 aromatic rings. The zero-order valence-electron chi connectivity index (χ0n) is 10.8. The van der Waals surface area contributed by atoms with Crippen LogP contribution in [-0.2, 0) is 13.5 Å². The van der Waals surface area contributed by atoms with Crippen LogP contribution in [0.25, 0.3) is 0 Å². The fourth-order valence-corrected chi connectivity index (χ4v) is 1.76. The summed E-state index contributed by atoms with van der Waals surface area (Å²) in [5.41, 5.74) is 1.59. The molecule has 100 valence electrons. The number of nitro benzene ring substituents is 1. The zero-order chi connectivity index (χ0) is 13.8. The summed E-state index contributed by atoms with van der Waals surface area (Å²) < 4.78 is 1.63. The monoisotopic (exact) mass is 261 g/mol. The number of anilines is 1. The molecule has 2 rings (SSSR count). The second-order valence-electron chi connectivity index (χ2n) is 4.29. The predicted octanol–water partition coefficient (Wildman–Crippen LogP) is 1.69. The van der Waals surface area contributed by atoms with E-state index in [1.54, 1.807) is 30.2 Å². The van der Waals surface area contributed by atoms with Gasteiger partial charge in [0, 0.05) is 26.1 Å². The van der Waals surface area contributed by atoms with Gasteiger partial charge in [0.05, 0.1) is 4.92 Å². The van der Waals surface area contributed by atoms with Crippen LogP contribution in [-0.4, -0.2) is 26.2 Å². The fraction of sp³-hybridized carbons (Fsp3) is 0.333. The zero-order valence-corrected chi connectivity index (χ0v) is 10.8. The highest BCUT2D eigenvalue weighted by Crippen LogP contribution is 2.24. The van der Waals surface area contributed by atoms with Gasteiger partial charge in [-0.25, -0.2) is 4.98 Å². The van der Waals surface area contributed by atoms with Crippen molar-refractivity contribution in [2.45, 2.75) is 13.3 Å². The molecule has 19 heavy (non-hydrogen) atoms. The lowest BCUT2D eigenvalue weighted by atomic mass is 10.2. The Kier molecular flexibility index (Phi) is 3.74. The van der Waals surface area contributed by atoms with Crippen LogP contribution in [0.2, 0.25) is 0 Å². The van der Waals surface area contributed by atoms with E-state index in [0.29, 0.717) is 24.5 Å². The summed E-state index contributed by atoms with van der Waals surface area (Å²) >= 11 is 0. The van der Waals surface area contributed by atoms with E-state index < -0.39 is 0 Å². The third kappa shape index (κ3) is 3.27. The van der Waals surface area contributed by atoms with E-state index in [0.717, 1.165) is 5.56 Å². The Morgan fingerprint density at radius 1 is 1.47 bits per heavy atom. The smallest absolute Gasteiger partial charge is 0.292 e. The standard InChI is InChI=1S/C12H15N5O2/c1-9-3-4-11(17(18)19)10(7-9)13-6-5-12-14-8-16(2)15-12/h3-4,7-8,13H,5-6H2,1-2H3. The van der Waals surface area contributed by atoms with Crippen LogP contribution in [0.5, 0.6) is 0 Å². The second kappa shape index (κ2) is 5.47. The Balaban J connectivity index is 2.02. The Labute approximate surface area is 110 Å². The van der Waals surface area contributed by atoms with Gasteiger partial charge in [-0.2, -0.15) is 5.10 Å². The summed E-state index contributed by atoms with van der Waals surface area (Å²) in [5, 5.41) is 18.1. The first kappa shape index (κ1) is 13.0. The van der Waals surface area contributed by atoms with Gasteiger partial charge >= 0.3 is 0 Å². The van der Waals surface area contributed by atoms with Crippen LogP contribution in [0, 0.1) is 17.0 Å². The predicted molar refractivity (Wildman–Crippen MR) is 71.0 cm³/mol. The Hall–Kier alpha value is -2.44. The van der Waals surface area contributed by atoms with Gasteiger partial charge in [-0.05, 0) is 18.6 Å². The quantitative estimate of drug-likeness (QED) is 0.653. The Morgan fingerprint density at radius 2 is 2.26 bits per heavy atom. The summed E-state index contributed by atoms with van der Waals surface area (Å²) in [6.07, 6.45) is 2.25. The molecule has 1 aromatic carbocycles. The summed E-state index contributed by atoms with van der Waals surface area (Å²) in [6, 6.07) is 5.00. The number of benzene rings is 1. The third-order valence-corrected chi connectivity index (χ3v) is 2.66. The molecular weight excluding hydrogens is 246 g/mol. The fourth-order valence-electron chi connectivity index (χ4n) is 1.76. The van der Waals surface area contributed by atoms with Crippen molar-refractivity contribution in [2.75, 3.05) is 11.9 Å². The van der Waals surface area contributed by atoms with Gasteiger partial charge in [0.15, 0.2) is 5.82 Å². The molecule has 1 heterocycles. The minimum absolute atomic E-state index is 0.0829. The molecule has 0 atom stereocenters. The van der Waals surface area contributed by atoms with E-state index in [9.17, 15) is 10.1 Å². The highest BCUT2D eigenvalue weighted by molar-refractivity contribution is 5.62. The summed E-state index contributed by atoms with van der Waals surface area (Å²) in [6.45, 7) is 2.45. The van der Waals surface area contributed by atoms with Crippen LogP contribution in [0.3, 0.4) is 0 Å². The lowest BCUT2D eigenvalue weighted by Crippen LogP contribution is -2.08. The molecule has 0 amide bonds. The van der Waals surface area contributed by atoms with Gasteiger partial charge in [-0.15, -0.1) is 0 Å². The molecule has 0 saturated heterocycles. The molecule has 0 aliphatic heterocycles. The highest BCUT2D eigenvalue weighted by Gasteiger charge is 2.12. The topological polar surface area (TPSA) is 85.9 Å². The van der Waals surface area contributed by atoms with E-state index in [1.165, 1.54) is 6.07 Å². The first-order chi connectivity index (χ1) is 9.06. The molecule has 0 fully saturated rings.